The Labute approximate surface area is 230 Å². The molecule has 2 aliphatic rings. The van der Waals surface area contributed by atoms with Gasteiger partial charge in [0, 0.05) is 17.7 Å². The minimum absolute atomic E-state index is 0.0251. The number of amides is 1. The molecule has 1 atom stereocenters. The standard InChI is InChI=1S/C27H21N3O9S/c1-3-9-39-26(34)24-14(2)28-27(40-24)29-21(15-5-4-6-17(12-15)30(35)36)20(23(32)25(29)33)22(31)16-7-8-18-19(13-16)38-11-10-37-18/h3-8,12-13,21,31H,1,9-11H2,2H3/b22-20+. The third-order valence-electron chi connectivity index (χ3n) is 6.17. The number of nitro benzene ring substituents is 1. The summed E-state index contributed by atoms with van der Waals surface area (Å²) in [7, 11) is 0. The average Bonchev–Trinajstić information content (AvgIpc) is 3.47. The van der Waals surface area contributed by atoms with Crippen molar-refractivity contribution >= 4 is 45.6 Å². The maximum atomic E-state index is 13.4. The van der Waals surface area contributed by atoms with Crippen LogP contribution in [0.1, 0.15) is 32.5 Å². The topological polar surface area (TPSA) is 158 Å². The largest absolute Gasteiger partial charge is 0.507 e. The number of ether oxygens (including phenoxy) is 3. The zero-order valence-electron chi connectivity index (χ0n) is 21.0. The van der Waals surface area contributed by atoms with Crippen molar-refractivity contribution in [1.82, 2.24) is 4.98 Å². The number of hydrogen-bond acceptors (Lipinski definition) is 11. The number of ketones is 1. The van der Waals surface area contributed by atoms with Crippen LogP contribution in [0.2, 0.25) is 0 Å². The van der Waals surface area contributed by atoms with Crippen molar-refractivity contribution in [2.24, 2.45) is 0 Å². The average molecular weight is 564 g/mol. The molecule has 40 heavy (non-hydrogen) atoms. The Bertz CT molecular complexity index is 1610. The number of Topliss-reactive ketones (excluding diaryl/α,β-unsaturated/α-hetero) is 1. The minimum Gasteiger partial charge on any atom is -0.507 e. The molecule has 204 valence electrons. The van der Waals surface area contributed by atoms with Crippen molar-refractivity contribution in [3.63, 3.8) is 0 Å². The molecule has 2 aliphatic heterocycles. The van der Waals surface area contributed by atoms with Gasteiger partial charge in [-0.25, -0.2) is 9.78 Å². The molecule has 1 saturated heterocycles. The maximum absolute atomic E-state index is 13.4. The molecule has 5 rings (SSSR count). The Kier molecular flexibility index (Phi) is 7.05. The van der Waals surface area contributed by atoms with Gasteiger partial charge in [0.15, 0.2) is 16.6 Å². The van der Waals surface area contributed by atoms with Crippen LogP contribution in [-0.2, 0) is 14.3 Å². The van der Waals surface area contributed by atoms with Crippen molar-refractivity contribution in [3.8, 4) is 11.5 Å². The van der Waals surface area contributed by atoms with Gasteiger partial charge in [-0.3, -0.25) is 24.6 Å². The van der Waals surface area contributed by atoms with Crippen molar-refractivity contribution in [3.05, 3.63) is 92.5 Å². The van der Waals surface area contributed by atoms with Crippen LogP contribution in [0.5, 0.6) is 11.5 Å². The van der Waals surface area contributed by atoms with Gasteiger partial charge in [0.25, 0.3) is 11.5 Å². The van der Waals surface area contributed by atoms with Gasteiger partial charge in [-0.05, 0) is 30.7 Å². The van der Waals surface area contributed by atoms with Crippen molar-refractivity contribution < 1.29 is 38.6 Å². The summed E-state index contributed by atoms with van der Waals surface area (Å²) in [4.78, 5) is 55.8. The summed E-state index contributed by atoms with van der Waals surface area (Å²) in [6, 6.07) is 8.61. The summed E-state index contributed by atoms with van der Waals surface area (Å²) < 4.78 is 16.2. The number of aryl methyl sites for hydroxylation is 1. The molecular weight excluding hydrogens is 542 g/mol. The zero-order chi connectivity index (χ0) is 28.6. The quantitative estimate of drug-likeness (QED) is 0.0843. The Balaban J connectivity index is 1.68. The van der Waals surface area contributed by atoms with Crippen LogP contribution in [0.3, 0.4) is 0 Å². The number of carbonyl (C=O) groups excluding carboxylic acids is 3. The Morgan fingerprint density at radius 2 is 2.00 bits per heavy atom. The number of anilines is 1. The smallest absolute Gasteiger partial charge is 0.350 e. The lowest BCUT2D eigenvalue weighted by Crippen LogP contribution is -2.29. The van der Waals surface area contributed by atoms with Crippen LogP contribution < -0.4 is 14.4 Å². The predicted octanol–water partition coefficient (Wildman–Crippen LogP) is 4.10. The van der Waals surface area contributed by atoms with E-state index in [-0.39, 0.29) is 51.3 Å². The molecule has 1 aromatic heterocycles. The molecule has 2 aromatic carbocycles. The second-order valence-electron chi connectivity index (χ2n) is 8.68. The van der Waals surface area contributed by atoms with E-state index >= 15 is 0 Å². The molecule has 0 spiro atoms. The van der Waals surface area contributed by atoms with E-state index in [9.17, 15) is 29.6 Å². The molecule has 1 amide bonds. The fraction of sp³-hybridized carbons (Fsp3) is 0.185. The molecule has 12 nitrogen and oxygen atoms in total. The molecule has 1 fully saturated rings. The van der Waals surface area contributed by atoms with E-state index in [1.54, 1.807) is 13.0 Å². The number of thiazole rings is 1. The second-order valence-corrected chi connectivity index (χ2v) is 9.66. The molecule has 1 N–H and O–H groups in total. The first-order chi connectivity index (χ1) is 19.2. The number of esters is 1. The fourth-order valence-corrected chi connectivity index (χ4v) is 5.36. The van der Waals surface area contributed by atoms with Crippen molar-refractivity contribution in [2.75, 3.05) is 24.7 Å². The van der Waals surface area contributed by atoms with E-state index < -0.39 is 34.4 Å². The number of nitrogens with zero attached hydrogens (tertiary/aromatic N) is 3. The number of non-ortho nitro benzene ring substituents is 1. The molecule has 0 bridgehead atoms. The van der Waals surface area contributed by atoms with E-state index in [1.807, 2.05) is 0 Å². The number of carbonyl (C=O) groups is 3. The van der Waals surface area contributed by atoms with Crippen molar-refractivity contribution in [1.29, 1.82) is 0 Å². The SMILES string of the molecule is C=CCOC(=O)c1sc(N2C(=O)C(=O)/C(=C(/O)c3ccc4c(c3)OCCO4)C2c2cccc([N+](=O)[O-])c2)nc1C. The van der Waals surface area contributed by atoms with E-state index in [2.05, 4.69) is 11.6 Å². The number of fused-ring (bicyclic) bond motifs is 1. The van der Waals surface area contributed by atoms with Gasteiger partial charge < -0.3 is 19.3 Å². The van der Waals surface area contributed by atoms with Crippen LogP contribution in [0, 0.1) is 17.0 Å². The monoisotopic (exact) mass is 563 g/mol. The lowest BCUT2D eigenvalue weighted by molar-refractivity contribution is -0.384. The first kappa shape index (κ1) is 26.6. The van der Waals surface area contributed by atoms with Crippen LogP contribution in [0.25, 0.3) is 5.76 Å². The summed E-state index contributed by atoms with van der Waals surface area (Å²) >= 11 is 0.816. The van der Waals surface area contributed by atoms with Gasteiger partial charge in [-0.15, -0.1) is 0 Å². The summed E-state index contributed by atoms with van der Waals surface area (Å²) in [6.45, 7) is 5.64. The van der Waals surface area contributed by atoms with E-state index in [0.29, 0.717) is 18.1 Å². The minimum atomic E-state index is -1.30. The summed E-state index contributed by atoms with van der Waals surface area (Å²) in [6.07, 6.45) is 1.40. The van der Waals surface area contributed by atoms with Gasteiger partial charge >= 0.3 is 11.9 Å². The molecule has 1 unspecified atom stereocenters. The van der Waals surface area contributed by atoms with Gasteiger partial charge in [-0.1, -0.05) is 36.1 Å². The summed E-state index contributed by atoms with van der Waals surface area (Å²) in [5, 5.41) is 22.9. The number of aromatic nitrogens is 1. The van der Waals surface area contributed by atoms with E-state index in [4.69, 9.17) is 14.2 Å². The van der Waals surface area contributed by atoms with Gasteiger partial charge in [0.1, 0.15) is 30.5 Å². The van der Waals surface area contributed by atoms with Gasteiger partial charge in [-0.2, -0.15) is 0 Å². The number of benzene rings is 2. The van der Waals surface area contributed by atoms with Crippen LogP contribution >= 0.6 is 11.3 Å². The first-order valence-electron chi connectivity index (χ1n) is 11.9. The fourth-order valence-electron chi connectivity index (χ4n) is 4.37. The Hall–Kier alpha value is -5.04. The lowest BCUT2D eigenvalue weighted by Gasteiger charge is -2.23. The molecular formula is C27H21N3O9S. The highest BCUT2D eigenvalue weighted by Gasteiger charge is 2.49. The number of aliphatic hydroxyl groups is 1. The van der Waals surface area contributed by atoms with Gasteiger partial charge in [0.2, 0.25) is 0 Å². The third kappa shape index (κ3) is 4.66. The van der Waals surface area contributed by atoms with Gasteiger partial charge in [0.05, 0.1) is 22.2 Å². The van der Waals surface area contributed by atoms with E-state index in [0.717, 1.165) is 16.2 Å². The van der Waals surface area contributed by atoms with Crippen LogP contribution in [0.15, 0.2) is 60.7 Å². The molecule has 0 radical (unpaired) electrons. The molecule has 0 aliphatic carbocycles. The van der Waals surface area contributed by atoms with Crippen LogP contribution in [-0.4, -0.2) is 52.5 Å². The Morgan fingerprint density at radius 1 is 1.25 bits per heavy atom. The third-order valence-corrected chi connectivity index (χ3v) is 7.30. The highest BCUT2D eigenvalue weighted by Crippen LogP contribution is 2.45. The number of hydrogen-bond donors (Lipinski definition) is 1. The number of nitro groups is 1. The maximum Gasteiger partial charge on any atom is 0.350 e. The first-order valence-corrected chi connectivity index (χ1v) is 12.7. The predicted molar refractivity (Wildman–Crippen MR) is 143 cm³/mol. The summed E-state index contributed by atoms with van der Waals surface area (Å²) in [5.74, 6) is -2.49. The molecule has 13 heteroatoms. The van der Waals surface area contributed by atoms with Crippen molar-refractivity contribution in [2.45, 2.75) is 13.0 Å². The summed E-state index contributed by atoms with van der Waals surface area (Å²) in [5.41, 5.74) is -0.00402. The zero-order valence-corrected chi connectivity index (χ0v) is 21.8. The van der Waals surface area contributed by atoms with Crippen LogP contribution in [0.4, 0.5) is 10.8 Å². The molecule has 3 heterocycles. The lowest BCUT2D eigenvalue weighted by atomic mass is 9.95. The number of rotatable bonds is 7. The molecule has 0 saturated carbocycles. The second kappa shape index (κ2) is 10.6. The normalized spacial score (nSPS) is 17.5. The molecule has 3 aromatic rings. The number of aliphatic hydroxyl groups excluding tert-OH is 1. The highest BCUT2D eigenvalue weighted by molar-refractivity contribution is 7.17. The van der Waals surface area contributed by atoms with E-state index in [1.165, 1.54) is 42.5 Å². The Morgan fingerprint density at radius 3 is 2.73 bits per heavy atom. The highest BCUT2D eigenvalue weighted by atomic mass is 32.1.